The van der Waals surface area contributed by atoms with Crippen LogP contribution in [0, 0.1) is 0 Å². The minimum Gasteiger partial charge on any atom is -0.383 e. The molecule has 4 heteroatoms. The first kappa shape index (κ1) is 14.8. The van der Waals surface area contributed by atoms with Crippen molar-refractivity contribution >= 4 is 0 Å². The average Bonchev–Trinajstić information content (AvgIpc) is 2.17. The third-order valence-electron chi connectivity index (χ3n) is 2.36. The lowest BCUT2D eigenvalue weighted by molar-refractivity contribution is -0.00170. The zero-order chi connectivity index (χ0) is 11.7. The van der Waals surface area contributed by atoms with Crippen molar-refractivity contribution in [3.63, 3.8) is 0 Å². The van der Waals surface area contributed by atoms with Crippen LogP contribution in [0.2, 0.25) is 0 Å². The predicted octanol–water partition coefficient (Wildman–Crippen LogP) is 0.579. The molecule has 0 aliphatic heterocycles. The number of nitrogens with one attached hydrogen (secondary N) is 1. The van der Waals surface area contributed by atoms with Crippen molar-refractivity contribution in [2.24, 2.45) is 0 Å². The van der Waals surface area contributed by atoms with E-state index in [2.05, 4.69) is 31.1 Å². The van der Waals surface area contributed by atoms with Crippen molar-refractivity contribution in [3.8, 4) is 0 Å². The highest BCUT2D eigenvalue weighted by Gasteiger charge is 2.18. The molecule has 0 unspecified atom stereocenters. The summed E-state index contributed by atoms with van der Waals surface area (Å²) in [4.78, 5) is 2.27. The third kappa shape index (κ3) is 8.81. The second kappa shape index (κ2) is 8.05. The van der Waals surface area contributed by atoms with Gasteiger partial charge in [0.05, 0.1) is 12.2 Å². The largest absolute Gasteiger partial charge is 0.383 e. The Hall–Kier alpha value is -0.160. The molecule has 0 fully saturated rings. The molecule has 0 heterocycles. The van der Waals surface area contributed by atoms with E-state index in [1.54, 1.807) is 14.2 Å². The van der Waals surface area contributed by atoms with Gasteiger partial charge in [-0.25, -0.2) is 0 Å². The molecule has 1 N–H and O–H groups in total. The second-order valence-electron chi connectivity index (χ2n) is 4.44. The van der Waals surface area contributed by atoms with Crippen LogP contribution in [0.3, 0.4) is 0 Å². The van der Waals surface area contributed by atoms with Crippen LogP contribution in [0.15, 0.2) is 0 Å². The smallest absolute Gasteiger partial charge is 0.0748 e. The summed E-state index contributed by atoms with van der Waals surface area (Å²) in [7, 11) is 5.58. The molecule has 15 heavy (non-hydrogen) atoms. The normalized spacial score (nSPS) is 12.4. The van der Waals surface area contributed by atoms with Crippen LogP contribution in [-0.4, -0.2) is 64.6 Å². The first-order valence-corrected chi connectivity index (χ1v) is 5.45. The molecule has 92 valence electrons. The molecule has 0 aliphatic carbocycles. The quantitative estimate of drug-likeness (QED) is 0.574. The van der Waals surface area contributed by atoms with Crippen molar-refractivity contribution in [3.05, 3.63) is 0 Å². The molecule has 4 nitrogen and oxygen atoms in total. The summed E-state index contributed by atoms with van der Waals surface area (Å²) < 4.78 is 10.3. The van der Waals surface area contributed by atoms with Crippen LogP contribution in [0.1, 0.15) is 13.8 Å². The van der Waals surface area contributed by atoms with Gasteiger partial charge in [0.1, 0.15) is 0 Å². The van der Waals surface area contributed by atoms with E-state index in [0.29, 0.717) is 0 Å². The van der Waals surface area contributed by atoms with Gasteiger partial charge in [0.2, 0.25) is 0 Å². The Labute approximate surface area is 93.9 Å². The molecule has 0 aromatic heterocycles. The molecular weight excluding hydrogens is 192 g/mol. The van der Waals surface area contributed by atoms with Gasteiger partial charge in [0.15, 0.2) is 0 Å². The van der Waals surface area contributed by atoms with E-state index < -0.39 is 0 Å². The fourth-order valence-corrected chi connectivity index (χ4v) is 1.36. The van der Waals surface area contributed by atoms with E-state index in [0.717, 1.165) is 32.8 Å². The van der Waals surface area contributed by atoms with Crippen molar-refractivity contribution < 1.29 is 9.47 Å². The minimum atomic E-state index is -0.0682. The van der Waals surface area contributed by atoms with Gasteiger partial charge in [-0.2, -0.15) is 0 Å². The van der Waals surface area contributed by atoms with E-state index in [4.69, 9.17) is 9.47 Å². The number of hydrogen-bond acceptors (Lipinski definition) is 4. The molecule has 0 amide bonds. The van der Waals surface area contributed by atoms with Gasteiger partial charge in [-0.3, -0.25) is 0 Å². The minimum absolute atomic E-state index is 0.0682. The van der Waals surface area contributed by atoms with Gasteiger partial charge in [-0.15, -0.1) is 0 Å². The lowest BCUT2D eigenvalue weighted by Gasteiger charge is -2.29. The summed E-state index contributed by atoms with van der Waals surface area (Å²) in [5.74, 6) is 0. The molecular formula is C11H26N2O2. The first-order valence-electron chi connectivity index (χ1n) is 5.45. The molecule has 0 saturated heterocycles. The van der Waals surface area contributed by atoms with E-state index in [1.165, 1.54) is 0 Å². The number of rotatable bonds is 9. The zero-order valence-corrected chi connectivity index (χ0v) is 10.8. The van der Waals surface area contributed by atoms with Crippen molar-refractivity contribution in [1.29, 1.82) is 0 Å². The Balaban J connectivity index is 3.45. The number of methoxy groups -OCH3 is 2. The molecule has 0 atom stereocenters. The summed E-state index contributed by atoms with van der Waals surface area (Å²) >= 11 is 0. The van der Waals surface area contributed by atoms with E-state index in [1.807, 2.05) is 0 Å². The van der Waals surface area contributed by atoms with E-state index in [9.17, 15) is 0 Å². The van der Waals surface area contributed by atoms with Crippen LogP contribution in [0.5, 0.6) is 0 Å². The van der Waals surface area contributed by atoms with Gasteiger partial charge >= 0.3 is 0 Å². The molecule has 0 rings (SSSR count). The molecule has 0 aromatic rings. The van der Waals surface area contributed by atoms with Crippen molar-refractivity contribution in [1.82, 2.24) is 10.2 Å². The Morgan fingerprint density at radius 1 is 1.20 bits per heavy atom. The van der Waals surface area contributed by atoms with Crippen LogP contribution in [-0.2, 0) is 9.47 Å². The van der Waals surface area contributed by atoms with Gasteiger partial charge in [0.25, 0.3) is 0 Å². The number of likely N-dealkylation sites (N-methyl/N-ethyl adjacent to an activating group) is 1. The average molecular weight is 218 g/mol. The highest BCUT2D eigenvalue weighted by atomic mass is 16.5. The lowest BCUT2D eigenvalue weighted by Crippen LogP contribution is -2.41. The van der Waals surface area contributed by atoms with Gasteiger partial charge in [0, 0.05) is 40.4 Å². The van der Waals surface area contributed by atoms with Gasteiger partial charge in [-0.1, -0.05) is 0 Å². The maximum absolute atomic E-state index is 5.37. The summed E-state index contributed by atoms with van der Waals surface area (Å²) in [6.45, 7) is 8.83. The Kier molecular flexibility index (Phi) is 7.96. The molecule has 0 aromatic carbocycles. The van der Waals surface area contributed by atoms with Crippen LogP contribution in [0.25, 0.3) is 0 Å². The summed E-state index contributed by atoms with van der Waals surface area (Å²) in [6.07, 6.45) is 0. The first-order chi connectivity index (χ1) is 7.02. The molecule has 0 spiro atoms. The predicted molar refractivity (Wildman–Crippen MR) is 63.3 cm³/mol. The summed E-state index contributed by atoms with van der Waals surface area (Å²) in [5.41, 5.74) is -0.0682. The molecule has 0 radical (unpaired) electrons. The van der Waals surface area contributed by atoms with Crippen molar-refractivity contribution in [2.45, 2.75) is 19.4 Å². The fourth-order valence-electron chi connectivity index (χ4n) is 1.36. The topological polar surface area (TPSA) is 33.7 Å². The lowest BCUT2D eigenvalue weighted by atomic mass is 10.1. The zero-order valence-electron chi connectivity index (χ0n) is 10.8. The van der Waals surface area contributed by atoms with Gasteiger partial charge < -0.3 is 19.7 Å². The fraction of sp³-hybridized carbons (Fsp3) is 1.00. The third-order valence-corrected chi connectivity index (χ3v) is 2.36. The monoisotopic (exact) mass is 218 g/mol. The highest BCUT2D eigenvalue weighted by Crippen LogP contribution is 2.08. The molecule has 0 aliphatic rings. The Morgan fingerprint density at radius 2 is 1.87 bits per heavy atom. The molecule has 0 saturated carbocycles. The van der Waals surface area contributed by atoms with E-state index >= 15 is 0 Å². The number of hydrogen-bond donors (Lipinski definition) is 1. The van der Waals surface area contributed by atoms with Crippen LogP contribution >= 0.6 is 0 Å². The Morgan fingerprint density at radius 3 is 2.40 bits per heavy atom. The second-order valence-corrected chi connectivity index (χ2v) is 4.44. The molecule has 0 bridgehead atoms. The summed E-state index contributed by atoms with van der Waals surface area (Å²) in [5, 5.41) is 3.31. The van der Waals surface area contributed by atoms with Crippen LogP contribution < -0.4 is 5.32 Å². The highest BCUT2D eigenvalue weighted by molar-refractivity contribution is 4.72. The SMILES string of the molecule is COCCNCCN(C)CC(C)(C)OC. The maximum Gasteiger partial charge on any atom is 0.0748 e. The van der Waals surface area contributed by atoms with Gasteiger partial charge in [-0.05, 0) is 20.9 Å². The Bertz CT molecular complexity index is 152. The number of ether oxygens (including phenoxy) is 2. The number of nitrogens with zero attached hydrogens (tertiary/aromatic N) is 1. The standard InChI is InChI=1S/C11H26N2O2/c1-11(2,15-5)10-13(3)8-6-12-7-9-14-4/h12H,6-10H2,1-5H3. The maximum atomic E-state index is 5.37. The van der Waals surface area contributed by atoms with Crippen LogP contribution in [0.4, 0.5) is 0 Å². The summed E-state index contributed by atoms with van der Waals surface area (Å²) in [6, 6.07) is 0. The van der Waals surface area contributed by atoms with E-state index in [-0.39, 0.29) is 5.60 Å². The van der Waals surface area contributed by atoms with Crippen molar-refractivity contribution in [2.75, 3.05) is 54.1 Å².